The molecule has 2 rings (SSSR count). The number of alkyl halides is 3. The summed E-state index contributed by atoms with van der Waals surface area (Å²) in [5.41, 5.74) is -0.433. The molecule has 11 heteroatoms. The molecule has 25 heavy (non-hydrogen) atoms. The van der Waals surface area contributed by atoms with E-state index in [1.54, 1.807) is 18.2 Å². The average molecular weight is 377 g/mol. The predicted octanol–water partition coefficient (Wildman–Crippen LogP) is 2.17. The molecule has 0 radical (unpaired) electrons. The smallest absolute Gasteiger partial charge is 0.402 e. The molecule has 0 amide bonds. The minimum atomic E-state index is -4.81. The minimum Gasteiger partial charge on any atom is -0.478 e. The van der Waals surface area contributed by atoms with Crippen molar-refractivity contribution in [2.75, 3.05) is 6.54 Å². The molecule has 0 saturated heterocycles. The number of halogens is 3. The van der Waals surface area contributed by atoms with Crippen LogP contribution < -0.4 is 0 Å². The molecule has 0 fully saturated rings. The fourth-order valence-electron chi connectivity index (χ4n) is 2.18. The number of sulfonamides is 1. The van der Waals surface area contributed by atoms with Gasteiger partial charge in [0.25, 0.3) is 10.0 Å². The first-order chi connectivity index (χ1) is 11.5. The first-order valence-electron chi connectivity index (χ1n) is 6.91. The van der Waals surface area contributed by atoms with E-state index >= 15 is 0 Å². The summed E-state index contributed by atoms with van der Waals surface area (Å²) in [6.07, 6.45) is -4.81. The Morgan fingerprint density at radius 3 is 2.40 bits per heavy atom. The van der Waals surface area contributed by atoms with Crippen molar-refractivity contribution in [1.82, 2.24) is 14.5 Å². The maximum Gasteiger partial charge on any atom is 0.402 e. The fourth-order valence-corrected chi connectivity index (χ4v) is 3.72. The number of H-pyrrole nitrogens is 1. The fraction of sp³-hybridized carbons (Fsp3) is 0.286. The molecule has 7 nitrogen and oxygen atoms in total. The zero-order valence-corrected chi connectivity index (χ0v) is 13.7. The maximum atomic E-state index is 12.9. The van der Waals surface area contributed by atoms with E-state index in [2.05, 4.69) is 10.2 Å². The number of aromatic nitrogens is 2. The molecule has 0 saturated carbocycles. The molecule has 0 aliphatic heterocycles. The number of hydrogen-bond donors (Lipinski definition) is 2. The lowest BCUT2D eigenvalue weighted by Gasteiger charge is -2.22. The van der Waals surface area contributed by atoms with E-state index in [0.29, 0.717) is 5.56 Å². The van der Waals surface area contributed by atoms with Crippen molar-refractivity contribution in [2.45, 2.75) is 24.7 Å². The van der Waals surface area contributed by atoms with Crippen molar-refractivity contribution in [1.29, 1.82) is 0 Å². The number of benzene rings is 1. The normalized spacial score (nSPS) is 12.5. The standard InChI is InChI=1S/C14H14F3N3O4S/c1-9-11(13(21)22)12(19-18-9)25(23,24)20(8-14(15,16)17)7-10-5-3-2-4-6-10/h2-6H,7-8H2,1H3,(H,18,19)(H,21,22). The van der Waals surface area contributed by atoms with Crippen molar-refractivity contribution < 1.29 is 31.5 Å². The number of carboxylic acid groups (broad SMARTS) is 1. The summed E-state index contributed by atoms with van der Waals surface area (Å²) in [6.45, 7) is -1.08. The van der Waals surface area contributed by atoms with Gasteiger partial charge in [-0.25, -0.2) is 13.2 Å². The van der Waals surface area contributed by atoms with Crippen molar-refractivity contribution in [2.24, 2.45) is 0 Å². The second-order valence-electron chi connectivity index (χ2n) is 5.21. The van der Waals surface area contributed by atoms with E-state index in [-0.39, 0.29) is 10.00 Å². The highest BCUT2D eigenvalue weighted by molar-refractivity contribution is 7.89. The van der Waals surface area contributed by atoms with Gasteiger partial charge in [0.05, 0.1) is 0 Å². The summed E-state index contributed by atoms with van der Waals surface area (Å²) in [6, 6.07) is 7.66. The molecule has 0 atom stereocenters. The summed E-state index contributed by atoms with van der Waals surface area (Å²) in [5.74, 6) is -1.60. The van der Waals surface area contributed by atoms with Gasteiger partial charge in [-0.2, -0.15) is 22.6 Å². The van der Waals surface area contributed by atoms with E-state index in [9.17, 15) is 26.4 Å². The van der Waals surface area contributed by atoms with Crippen LogP contribution in [0.3, 0.4) is 0 Å². The van der Waals surface area contributed by atoms with Crippen molar-refractivity contribution in [3.63, 3.8) is 0 Å². The van der Waals surface area contributed by atoms with Crippen LogP contribution in [0.1, 0.15) is 21.6 Å². The van der Waals surface area contributed by atoms with Crippen molar-refractivity contribution in [3.8, 4) is 0 Å². The lowest BCUT2D eigenvalue weighted by molar-refractivity contribution is -0.136. The predicted molar refractivity (Wildman–Crippen MR) is 80.4 cm³/mol. The van der Waals surface area contributed by atoms with Gasteiger partial charge in [-0.05, 0) is 12.5 Å². The van der Waals surface area contributed by atoms with Crippen LogP contribution in [-0.4, -0.2) is 46.7 Å². The van der Waals surface area contributed by atoms with E-state index in [0.717, 1.165) is 0 Å². The summed E-state index contributed by atoms with van der Waals surface area (Å²) < 4.78 is 64.0. The molecule has 1 aromatic heterocycles. The Morgan fingerprint density at radius 1 is 1.28 bits per heavy atom. The van der Waals surface area contributed by atoms with Gasteiger partial charge in [0.15, 0.2) is 0 Å². The number of aromatic carboxylic acids is 1. The van der Waals surface area contributed by atoms with Crippen LogP contribution >= 0.6 is 0 Å². The van der Waals surface area contributed by atoms with Crippen LogP contribution in [0.5, 0.6) is 0 Å². The Balaban J connectivity index is 2.50. The zero-order valence-electron chi connectivity index (χ0n) is 12.9. The summed E-state index contributed by atoms with van der Waals surface area (Å²) in [7, 11) is -4.80. The average Bonchev–Trinajstić information content (AvgIpc) is 2.89. The van der Waals surface area contributed by atoms with Crippen molar-refractivity contribution >= 4 is 16.0 Å². The molecule has 1 heterocycles. The van der Waals surface area contributed by atoms with Crippen LogP contribution in [0.15, 0.2) is 35.4 Å². The van der Waals surface area contributed by atoms with Gasteiger partial charge in [0.1, 0.15) is 12.1 Å². The Kier molecular flexibility index (Phi) is 5.18. The Bertz CT molecular complexity index is 863. The largest absolute Gasteiger partial charge is 0.478 e. The lowest BCUT2D eigenvalue weighted by Crippen LogP contribution is -2.39. The van der Waals surface area contributed by atoms with E-state index < -0.39 is 45.8 Å². The second kappa shape index (κ2) is 6.84. The molecule has 0 spiro atoms. The van der Waals surface area contributed by atoms with Crippen LogP contribution in [-0.2, 0) is 16.6 Å². The quantitative estimate of drug-likeness (QED) is 0.803. The van der Waals surface area contributed by atoms with Crippen LogP contribution in [0.2, 0.25) is 0 Å². The highest BCUT2D eigenvalue weighted by atomic mass is 32.2. The molecular formula is C14H14F3N3O4S. The molecule has 0 aliphatic carbocycles. The van der Waals surface area contributed by atoms with Gasteiger partial charge in [-0.1, -0.05) is 30.3 Å². The van der Waals surface area contributed by atoms with Gasteiger partial charge in [-0.3, -0.25) is 5.10 Å². The van der Waals surface area contributed by atoms with Gasteiger partial charge >= 0.3 is 12.1 Å². The van der Waals surface area contributed by atoms with Crippen molar-refractivity contribution in [3.05, 3.63) is 47.2 Å². The van der Waals surface area contributed by atoms with Crippen LogP contribution in [0.25, 0.3) is 0 Å². The number of nitrogens with one attached hydrogen (secondary N) is 1. The molecule has 0 aliphatic rings. The molecule has 0 bridgehead atoms. The van der Waals surface area contributed by atoms with Gasteiger partial charge in [-0.15, -0.1) is 0 Å². The maximum absolute atomic E-state index is 12.9. The number of rotatable bonds is 6. The first-order valence-corrected chi connectivity index (χ1v) is 8.35. The second-order valence-corrected chi connectivity index (χ2v) is 7.06. The molecule has 2 aromatic rings. The van der Waals surface area contributed by atoms with Crippen LogP contribution in [0.4, 0.5) is 13.2 Å². The van der Waals surface area contributed by atoms with E-state index in [1.807, 2.05) is 0 Å². The molecular weight excluding hydrogens is 363 g/mol. The summed E-state index contributed by atoms with van der Waals surface area (Å²) >= 11 is 0. The Hall–Kier alpha value is -2.40. The zero-order chi connectivity index (χ0) is 18.8. The molecule has 136 valence electrons. The Morgan fingerprint density at radius 2 is 1.88 bits per heavy atom. The van der Waals surface area contributed by atoms with Gasteiger partial charge < -0.3 is 5.11 Å². The SMILES string of the molecule is Cc1[nH]nc(S(=O)(=O)N(Cc2ccccc2)CC(F)(F)F)c1C(=O)O. The summed E-state index contributed by atoms with van der Waals surface area (Å²) in [5, 5.41) is 13.8. The number of nitrogens with zero attached hydrogens (tertiary/aromatic N) is 2. The molecule has 1 aromatic carbocycles. The third kappa shape index (κ3) is 4.37. The third-order valence-corrected chi connectivity index (χ3v) is 4.99. The Labute approximate surface area is 141 Å². The lowest BCUT2D eigenvalue weighted by atomic mass is 10.2. The monoisotopic (exact) mass is 377 g/mol. The highest BCUT2D eigenvalue weighted by Crippen LogP contribution is 2.26. The van der Waals surface area contributed by atoms with Gasteiger partial charge in [0.2, 0.25) is 5.03 Å². The number of aryl methyl sites for hydroxylation is 1. The van der Waals surface area contributed by atoms with E-state index in [4.69, 9.17) is 5.11 Å². The van der Waals surface area contributed by atoms with Gasteiger partial charge in [0, 0.05) is 12.2 Å². The highest BCUT2D eigenvalue weighted by Gasteiger charge is 2.40. The molecule has 0 unspecified atom stereocenters. The summed E-state index contributed by atoms with van der Waals surface area (Å²) in [4.78, 5) is 11.3. The minimum absolute atomic E-state index is 0.0715. The number of aromatic amines is 1. The first kappa shape index (κ1) is 18.9. The number of hydrogen-bond acceptors (Lipinski definition) is 4. The number of carboxylic acids is 1. The van der Waals surface area contributed by atoms with Crippen LogP contribution in [0, 0.1) is 6.92 Å². The topological polar surface area (TPSA) is 103 Å². The van der Waals surface area contributed by atoms with E-state index in [1.165, 1.54) is 19.1 Å². The third-order valence-electron chi connectivity index (χ3n) is 3.27. The number of carbonyl (C=O) groups is 1. The molecule has 2 N–H and O–H groups in total.